The standard InChI is InChI=1S/C69H50N2O2/c1-42(2)49-39-47-31-35-56-62(70(60-37-43(3)29-33-50(60)45-17-7-5-8-18-45)58-25-15-23-54-52-21-11-13-27-64(52)72-68(54)58)41-63(57-36-32-48(40-49)66(47)67(56)57)71(61-38-44(4)30-34-51(61)46-19-9-6-10-20-46)59-26-16-24-55-53-22-12-14-28-65(53)73-69(55)59/h5-42H,1-4H3. The van der Waals surface area contributed by atoms with E-state index in [1.165, 1.54) is 27.1 Å². The predicted octanol–water partition coefficient (Wildman–Crippen LogP) is 20.4. The molecule has 0 spiro atoms. The highest BCUT2D eigenvalue weighted by Crippen LogP contribution is 2.55. The van der Waals surface area contributed by atoms with E-state index in [1.807, 2.05) is 0 Å². The van der Waals surface area contributed by atoms with Crippen LogP contribution in [-0.2, 0) is 0 Å². The Morgan fingerprint density at radius 3 is 1.23 bits per heavy atom. The number of nitrogens with zero attached hydrogens (tertiary/aromatic N) is 2. The zero-order valence-corrected chi connectivity index (χ0v) is 41.2. The molecule has 4 nitrogen and oxygen atoms in total. The van der Waals surface area contributed by atoms with Crippen molar-refractivity contribution in [2.24, 2.45) is 0 Å². The predicted molar refractivity (Wildman–Crippen MR) is 309 cm³/mol. The summed E-state index contributed by atoms with van der Waals surface area (Å²) in [5.74, 6) is 0.364. The zero-order chi connectivity index (χ0) is 48.9. The fraction of sp³-hybridized carbons (Fsp3) is 0.0725. The van der Waals surface area contributed by atoms with Crippen molar-refractivity contribution in [3.05, 3.63) is 241 Å². The maximum atomic E-state index is 7.05. The minimum absolute atomic E-state index is 0.364. The third-order valence-corrected chi connectivity index (χ3v) is 15.0. The summed E-state index contributed by atoms with van der Waals surface area (Å²) in [6.45, 7) is 8.96. The molecule has 14 aromatic rings. The van der Waals surface area contributed by atoms with E-state index in [0.717, 1.165) is 122 Å². The number of rotatable bonds is 9. The van der Waals surface area contributed by atoms with E-state index >= 15 is 0 Å². The lowest BCUT2D eigenvalue weighted by Gasteiger charge is -2.34. The summed E-state index contributed by atoms with van der Waals surface area (Å²) < 4.78 is 14.1. The van der Waals surface area contributed by atoms with Crippen LogP contribution in [0.4, 0.5) is 34.1 Å². The number of furan rings is 2. The van der Waals surface area contributed by atoms with E-state index < -0.39 is 0 Å². The smallest absolute Gasteiger partial charge is 0.159 e. The van der Waals surface area contributed by atoms with E-state index in [4.69, 9.17) is 8.83 Å². The van der Waals surface area contributed by atoms with Crippen molar-refractivity contribution in [2.75, 3.05) is 9.80 Å². The Hall–Kier alpha value is -9.12. The minimum atomic E-state index is 0.364. The molecule has 0 saturated carbocycles. The van der Waals surface area contributed by atoms with Gasteiger partial charge in [0, 0.05) is 48.8 Å². The Kier molecular flexibility index (Phi) is 9.81. The van der Waals surface area contributed by atoms with E-state index in [0.29, 0.717) is 5.92 Å². The van der Waals surface area contributed by atoms with Crippen molar-refractivity contribution >= 4 is 110 Å². The number of benzene rings is 12. The summed E-state index contributed by atoms with van der Waals surface area (Å²) in [5, 5.41) is 11.5. The molecule has 0 fully saturated rings. The largest absolute Gasteiger partial charge is 0.454 e. The molecule has 0 amide bonds. The maximum Gasteiger partial charge on any atom is 0.159 e. The highest BCUT2D eigenvalue weighted by molar-refractivity contribution is 6.30. The van der Waals surface area contributed by atoms with Crippen molar-refractivity contribution in [3.63, 3.8) is 0 Å². The fourth-order valence-electron chi connectivity index (χ4n) is 11.6. The average Bonchev–Trinajstić information content (AvgIpc) is 4.01. The van der Waals surface area contributed by atoms with Crippen LogP contribution in [0.25, 0.3) is 98.4 Å². The van der Waals surface area contributed by atoms with Crippen molar-refractivity contribution in [3.8, 4) is 22.3 Å². The van der Waals surface area contributed by atoms with Crippen molar-refractivity contribution in [1.82, 2.24) is 0 Å². The maximum absolute atomic E-state index is 7.05. The molecular weight excluding hydrogens is 889 g/mol. The molecule has 0 aliphatic rings. The van der Waals surface area contributed by atoms with Gasteiger partial charge in [0.15, 0.2) is 11.2 Å². The number of hydrogen-bond donors (Lipinski definition) is 0. The SMILES string of the molecule is Cc1ccc(-c2ccccc2)c(N(c2cc(N(c3cc(C)ccc3-c3ccccc3)c3cccc4c3oc3ccccc34)c3ccc4cc(C(C)C)cc5ccc2c3c54)c2cccc3c2oc2ccccc23)c1. The number of hydrogen-bond acceptors (Lipinski definition) is 4. The van der Waals surface area contributed by atoms with Crippen LogP contribution < -0.4 is 9.80 Å². The van der Waals surface area contributed by atoms with Gasteiger partial charge in [-0.25, -0.2) is 0 Å². The van der Waals surface area contributed by atoms with Gasteiger partial charge in [0.25, 0.3) is 0 Å². The molecule has 0 saturated heterocycles. The Morgan fingerprint density at radius 1 is 0.329 bits per heavy atom. The molecular formula is C69H50N2O2. The average molecular weight is 939 g/mol. The van der Waals surface area contributed by atoms with Gasteiger partial charge in [-0.2, -0.15) is 0 Å². The van der Waals surface area contributed by atoms with Crippen LogP contribution in [0.2, 0.25) is 0 Å². The Bertz CT molecular complexity index is 4170. The monoisotopic (exact) mass is 938 g/mol. The van der Waals surface area contributed by atoms with Gasteiger partial charge in [0.1, 0.15) is 11.2 Å². The summed E-state index contributed by atoms with van der Waals surface area (Å²) in [4.78, 5) is 4.98. The second-order valence-corrected chi connectivity index (χ2v) is 20.0. The fourth-order valence-corrected chi connectivity index (χ4v) is 11.6. The summed E-state index contributed by atoms with van der Waals surface area (Å²) in [6.07, 6.45) is 0. The molecule has 0 bridgehead atoms. The normalized spacial score (nSPS) is 12.0. The number of aryl methyl sites for hydroxylation is 2. The van der Waals surface area contributed by atoms with Gasteiger partial charge in [-0.15, -0.1) is 0 Å². The van der Waals surface area contributed by atoms with Gasteiger partial charge in [-0.3, -0.25) is 0 Å². The highest BCUT2D eigenvalue weighted by Gasteiger charge is 2.30. The Labute approximate surface area is 423 Å². The zero-order valence-electron chi connectivity index (χ0n) is 41.2. The lowest BCUT2D eigenvalue weighted by molar-refractivity contribution is 0.669. The van der Waals surface area contributed by atoms with E-state index in [-0.39, 0.29) is 0 Å². The molecule has 14 rings (SSSR count). The molecule has 73 heavy (non-hydrogen) atoms. The first-order chi connectivity index (χ1) is 35.9. The van der Waals surface area contributed by atoms with E-state index in [1.54, 1.807) is 0 Å². The van der Waals surface area contributed by atoms with Gasteiger partial charge >= 0.3 is 0 Å². The van der Waals surface area contributed by atoms with Gasteiger partial charge in [0.2, 0.25) is 0 Å². The van der Waals surface area contributed by atoms with Crippen LogP contribution in [0, 0.1) is 13.8 Å². The first-order valence-corrected chi connectivity index (χ1v) is 25.3. The number of anilines is 6. The van der Waals surface area contributed by atoms with Crippen molar-refractivity contribution < 1.29 is 8.83 Å². The molecule has 12 aromatic carbocycles. The van der Waals surface area contributed by atoms with Gasteiger partial charge in [0.05, 0.1) is 34.1 Å². The molecule has 0 aliphatic carbocycles. The van der Waals surface area contributed by atoms with Crippen molar-refractivity contribution in [1.29, 1.82) is 0 Å². The van der Waals surface area contributed by atoms with Gasteiger partial charge in [-0.1, -0.05) is 196 Å². The van der Waals surface area contributed by atoms with E-state index in [2.05, 4.69) is 262 Å². The van der Waals surface area contributed by atoms with Crippen LogP contribution in [-0.4, -0.2) is 0 Å². The molecule has 0 aliphatic heterocycles. The van der Waals surface area contributed by atoms with Crippen molar-refractivity contribution in [2.45, 2.75) is 33.6 Å². The van der Waals surface area contributed by atoms with Crippen LogP contribution in [0.15, 0.2) is 233 Å². The second-order valence-electron chi connectivity index (χ2n) is 20.0. The third kappa shape index (κ3) is 6.82. The van der Waals surface area contributed by atoms with Gasteiger partial charge < -0.3 is 18.6 Å². The molecule has 0 radical (unpaired) electrons. The number of para-hydroxylation sites is 4. The Balaban J connectivity index is 1.19. The van der Waals surface area contributed by atoms with Crippen LogP contribution in [0.3, 0.4) is 0 Å². The first kappa shape index (κ1) is 42.7. The number of fused-ring (bicyclic) bond motifs is 6. The molecule has 4 heteroatoms. The summed E-state index contributed by atoms with van der Waals surface area (Å²) in [7, 11) is 0. The molecule has 2 heterocycles. The molecule has 0 unspecified atom stereocenters. The summed E-state index contributed by atoms with van der Waals surface area (Å²) in [5.41, 5.74) is 17.5. The van der Waals surface area contributed by atoms with Crippen LogP contribution in [0.1, 0.15) is 36.5 Å². The van der Waals surface area contributed by atoms with Gasteiger partial charge in [-0.05, 0) is 106 Å². The van der Waals surface area contributed by atoms with E-state index in [9.17, 15) is 0 Å². The quantitative estimate of drug-likeness (QED) is 0.135. The summed E-state index contributed by atoms with van der Waals surface area (Å²) >= 11 is 0. The lowest BCUT2D eigenvalue weighted by Crippen LogP contribution is -2.16. The third-order valence-electron chi connectivity index (χ3n) is 15.0. The molecule has 348 valence electrons. The topological polar surface area (TPSA) is 32.8 Å². The molecule has 2 aromatic heterocycles. The molecule has 0 atom stereocenters. The van der Waals surface area contributed by atoms with Crippen LogP contribution in [0.5, 0.6) is 0 Å². The summed E-state index contributed by atoms with van der Waals surface area (Å²) in [6, 6.07) is 81.9. The minimum Gasteiger partial charge on any atom is -0.454 e. The lowest BCUT2D eigenvalue weighted by atomic mass is 9.88. The second kappa shape index (κ2) is 16.8. The molecule has 0 N–H and O–H groups in total. The van der Waals surface area contributed by atoms with Crippen LogP contribution >= 0.6 is 0 Å². The Morgan fingerprint density at radius 2 is 0.767 bits per heavy atom. The first-order valence-electron chi connectivity index (χ1n) is 25.3. The highest BCUT2D eigenvalue weighted by atomic mass is 16.3.